The number of aromatic nitrogens is 3. The van der Waals surface area contributed by atoms with Gasteiger partial charge in [-0.3, -0.25) is 14.3 Å². The first-order chi connectivity index (χ1) is 10.1. The van der Waals surface area contributed by atoms with Crippen molar-refractivity contribution in [1.82, 2.24) is 14.5 Å². The van der Waals surface area contributed by atoms with Crippen molar-refractivity contribution < 1.29 is 4.79 Å². The highest BCUT2D eigenvalue weighted by Gasteiger charge is 2.11. The van der Waals surface area contributed by atoms with Crippen LogP contribution < -0.4 is 11.0 Å². The van der Waals surface area contributed by atoms with Crippen LogP contribution in [0.2, 0.25) is 0 Å². The summed E-state index contributed by atoms with van der Waals surface area (Å²) >= 11 is 0. The summed E-state index contributed by atoms with van der Waals surface area (Å²) in [4.78, 5) is 30.7. The van der Waals surface area contributed by atoms with E-state index < -0.39 is 0 Å². The predicted octanol–water partition coefficient (Wildman–Crippen LogP) is 1.67. The Bertz CT molecular complexity index is 863. The quantitative estimate of drug-likeness (QED) is 0.767. The molecule has 2 N–H and O–H groups in total. The topological polar surface area (TPSA) is 79.8 Å². The Balaban J connectivity index is 1.86. The average Bonchev–Trinajstić information content (AvgIpc) is 2.78. The van der Waals surface area contributed by atoms with Crippen molar-refractivity contribution in [3.63, 3.8) is 0 Å². The van der Waals surface area contributed by atoms with Crippen LogP contribution in [-0.2, 0) is 11.3 Å². The molecule has 0 atom stereocenters. The fourth-order valence-electron chi connectivity index (χ4n) is 2.19. The molecule has 6 nitrogen and oxygen atoms in total. The highest BCUT2D eigenvalue weighted by atomic mass is 16.2. The number of pyridine rings is 1. The summed E-state index contributed by atoms with van der Waals surface area (Å²) in [6.45, 7) is 1.84. The Morgan fingerprint density at radius 3 is 2.95 bits per heavy atom. The van der Waals surface area contributed by atoms with Gasteiger partial charge in [0.05, 0.1) is 22.9 Å². The summed E-state index contributed by atoms with van der Waals surface area (Å²) in [5.74, 6) is -0.266. The molecule has 2 heterocycles. The van der Waals surface area contributed by atoms with Gasteiger partial charge in [0, 0.05) is 6.20 Å². The summed E-state index contributed by atoms with van der Waals surface area (Å²) in [6, 6.07) is 9.08. The van der Waals surface area contributed by atoms with Gasteiger partial charge in [-0.1, -0.05) is 12.1 Å². The number of rotatable bonds is 3. The Morgan fingerprint density at radius 1 is 1.33 bits per heavy atom. The predicted molar refractivity (Wildman–Crippen MR) is 80.2 cm³/mol. The van der Waals surface area contributed by atoms with Gasteiger partial charge in [0.25, 0.3) is 0 Å². The van der Waals surface area contributed by atoms with Crippen LogP contribution >= 0.6 is 0 Å². The van der Waals surface area contributed by atoms with E-state index in [-0.39, 0.29) is 18.1 Å². The molecule has 1 amide bonds. The second-order valence-corrected chi connectivity index (χ2v) is 4.77. The summed E-state index contributed by atoms with van der Waals surface area (Å²) in [6.07, 6.45) is 3.25. The van der Waals surface area contributed by atoms with Crippen LogP contribution in [0.3, 0.4) is 0 Å². The summed E-state index contributed by atoms with van der Waals surface area (Å²) < 4.78 is 1.41. The van der Waals surface area contributed by atoms with Crippen LogP contribution in [-0.4, -0.2) is 20.4 Å². The van der Waals surface area contributed by atoms with Crippen LogP contribution in [0.1, 0.15) is 5.56 Å². The number of imidazole rings is 1. The minimum atomic E-state index is -0.297. The third-order valence-electron chi connectivity index (χ3n) is 3.30. The zero-order chi connectivity index (χ0) is 14.8. The largest absolute Gasteiger partial charge is 0.326 e. The third kappa shape index (κ3) is 2.55. The molecule has 0 aliphatic heterocycles. The molecule has 3 rings (SSSR count). The number of hydrogen-bond donors (Lipinski definition) is 2. The summed E-state index contributed by atoms with van der Waals surface area (Å²) in [5.41, 5.74) is 2.70. The lowest BCUT2D eigenvalue weighted by molar-refractivity contribution is -0.116. The van der Waals surface area contributed by atoms with Crippen molar-refractivity contribution in [3.05, 3.63) is 58.8 Å². The van der Waals surface area contributed by atoms with Gasteiger partial charge in [-0.05, 0) is 30.7 Å². The molecular weight excluding hydrogens is 268 g/mol. The first-order valence-corrected chi connectivity index (χ1v) is 6.53. The van der Waals surface area contributed by atoms with Crippen molar-refractivity contribution in [1.29, 1.82) is 0 Å². The van der Waals surface area contributed by atoms with Gasteiger partial charge >= 0.3 is 5.69 Å². The molecule has 2 aromatic heterocycles. The molecule has 6 heteroatoms. The van der Waals surface area contributed by atoms with E-state index in [1.54, 1.807) is 24.5 Å². The van der Waals surface area contributed by atoms with Gasteiger partial charge in [-0.15, -0.1) is 0 Å². The van der Waals surface area contributed by atoms with Crippen LogP contribution in [0, 0.1) is 6.92 Å². The molecule has 0 bridgehead atoms. The number of hydrogen-bond acceptors (Lipinski definition) is 3. The zero-order valence-corrected chi connectivity index (χ0v) is 11.5. The van der Waals surface area contributed by atoms with E-state index >= 15 is 0 Å². The molecule has 21 heavy (non-hydrogen) atoms. The zero-order valence-electron chi connectivity index (χ0n) is 11.5. The smallest absolute Gasteiger partial charge is 0.323 e. The number of carbonyl (C=O) groups is 1. The fraction of sp³-hybridized carbons (Fsp3) is 0.133. The van der Waals surface area contributed by atoms with Gasteiger partial charge in [-0.25, -0.2) is 4.79 Å². The maximum atomic E-state index is 12.1. The Labute approximate surface area is 120 Å². The van der Waals surface area contributed by atoms with Crippen LogP contribution in [0.5, 0.6) is 0 Å². The average molecular weight is 282 g/mol. The molecule has 0 aliphatic carbocycles. The van der Waals surface area contributed by atoms with E-state index in [1.807, 2.05) is 25.1 Å². The number of benzene rings is 1. The molecule has 0 unspecified atom stereocenters. The highest BCUT2D eigenvalue weighted by Crippen LogP contribution is 2.12. The Morgan fingerprint density at radius 2 is 2.14 bits per heavy atom. The number of para-hydroxylation sites is 2. The number of nitrogens with zero attached hydrogens (tertiary/aromatic N) is 2. The monoisotopic (exact) mass is 282 g/mol. The number of fused-ring (bicyclic) bond motifs is 1. The van der Waals surface area contributed by atoms with Gasteiger partial charge in [0.1, 0.15) is 6.54 Å². The van der Waals surface area contributed by atoms with Crippen molar-refractivity contribution in [2.45, 2.75) is 13.5 Å². The Kier molecular flexibility index (Phi) is 3.27. The SMILES string of the molecule is Cc1ccncc1NC(=O)Cn1c(=O)[nH]c2ccccc21. The lowest BCUT2D eigenvalue weighted by Crippen LogP contribution is -2.26. The highest BCUT2D eigenvalue weighted by molar-refractivity contribution is 5.92. The van der Waals surface area contributed by atoms with Crippen LogP contribution in [0.4, 0.5) is 5.69 Å². The van der Waals surface area contributed by atoms with Crippen molar-refractivity contribution in [2.24, 2.45) is 0 Å². The molecule has 1 aromatic carbocycles. The lowest BCUT2D eigenvalue weighted by Gasteiger charge is -2.08. The molecule has 0 radical (unpaired) electrons. The van der Waals surface area contributed by atoms with Crippen molar-refractivity contribution in [2.75, 3.05) is 5.32 Å². The standard InChI is InChI=1S/C15H14N4O2/c1-10-6-7-16-8-12(10)17-14(20)9-19-13-5-3-2-4-11(13)18-15(19)21/h2-8H,9H2,1H3,(H,17,20)(H,18,21). The normalized spacial score (nSPS) is 10.7. The molecule has 0 saturated carbocycles. The number of H-pyrrole nitrogens is 1. The van der Waals surface area contributed by atoms with E-state index in [4.69, 9.17) is 0 Å². The number of amides is 1. The van der Waals surface area contributed by atoms with E-state index in [9.17, 15) is 9.59 Å². The molecule has 0 saturated heterocycles. The van der Waals surface area contributed by atoms with Crippen LogP contribution in [0.15, 0.2) is 47.5 Å². The molecule has 106 valence electrons. The molecule has 0 fully saturated rings. The van der Waals surface area contributed by atoms with Gasteiger partial charge in [0.2, 0.25) is 5.91 Å². The minimum absolute atomic E-state index is 0.0445. The van der Waals surface area contributed by atoms with E-state index in [1.165, 1.54) is 4.57 Å². The Hall–Kier alpha value is -2.89. The number of anilines is 1. The third-order valence-corrected chi connectivity index (χ3v) is 3.30. The maximum absolute atomic E-state index is 12.1. The number of carbonyl (C=O) groups excluding carboxylic acids is 1. The molecule has 3 aromatic rings. The van der Waals surface area contributed by atoms with E-state index in [0.717, 1.165) is 5.56 Å². The van der Waals surface area contributed by atoms with Gasteiger partial charge in [-0.2, -0.15) is 0 Å². The second kappa shape index (κ2) is 5.24. The molecule has 0 aliphatic rings. The van der Waals surface area contributed by atoms with Gasteiger partial charge < -0.3 is 10.3 Å². The molecular formula is C15H14N4O2. The van der Waals surface area contributed by atoms with E-state index in [0.29, 0.717) is 16.7 Å². The molecule has 0 spiro atoms. The lowest BCUT2D eigenvalue weighted by atomic mass is 10.2. The number of aromatic amines is 1. The van der Waals surface area contributed by atoms with Crippen molar-refractivity contribution in [3.8, 4) is 0 Å². The fourth-order valence-corrected chi connectivity index (χ4v) is 2.19. The number of nitrogens with one attached hydrogen (secondary N) is 2. The number of aryl methyl sites for hydroxylation is 1. The maximum Gasteiger partial charge on any atom is 0.326 e. The minimum Gasteiger partial charge on any atom is -0.323 e. The second-order valence-electron chi connectivity index (χ2n) is 4.77. The first-order valence-electron chi connectivity index (χ1n) is 6.53. The summed E-state index contributed by atoms with van der Waals surface area (Å²) in [7, 11) is 0. The van der Waals surface area contributed by atoms with Crippen molar-refractivity contribution >= 4 is 22.6 Å². The van der Waals surface area contributed by atoms with E-state index in [2.05, 4.69) is 15.3 Å². The summed E-state index contributed by atoms with van der Waals surface area (Å²) in [5, 5.41) is 2.77. The first kappa shape index (κ1) is 13.1. The van der Waals surface area contributed by atoms with Crippen LogP contribution in [0.25, 0.3) is 11.0 Å². The van der Waals surface area contributed by atoms with Gasteiger partial charge in [0.15, 0.2) is 0 Å².